The molecule has 1 aromatic heterocycles. The van der Waals surface area contributed by atoms with E-state index in [9.17, 15) is 9.59 Å². The molecule has 4 aromatic carbocycles. The van der Waals surface area contributed by atoms with Crippen LogP contribution in [0.4, 0.5) is 0 Å². The van der Waals surface area contributed by atoms with Crippen LogP contribution in [0.1, 0.15) is 48.7 Å². The molecule has 0 radical (unpaired) electrons. The van der Waals surface area contributed by atoms with Crippen LogP contribution in [0.15, 0.2) is 134 Å². The lowest BCUT2D eigenvalue weighted by Gasteiger charge is -2.52. The Morgan fingerprint density at radius 2 is 1.52 bits per heavy atom. The van der Waals surface area contributed by atoms with Crippen molar-refractivity contribution >= 4 is 46.6 Å². The van der Waals surface area contributed by atoms with Crippen LogP contribution in [0.25, 0.3) is 10.9 Å². The first kappa shape index (κ1) is 33.8. The summed E-state index contributed by atoms with van der Waals surface area (Å²) in [6.45, 7) is 10.1. The van der Waals surface area contributed by atoms with Gasteiger partial charge in [-0.1, -0.05) is 117 Å². The normalized spacial score (nSPS) is 21.1. The highest BCUT2D eigenvalue weighted by Crippen LogP contribution is 2.42. The van der Waals surface area contributed by atoms with Crippen LogP contribution in [-0.2, 0) is 4.79 Å². The van der Waals surface area contributed by atoms with E-state index in [1.807, 2.05) is 92.8 Å². The number of carbonyl (C=O) groups excluding carboxylic acids is 2. The van der Waals surface area contributed by atoms with Crippen molar-refractivity contribution in [1.82, 2.24) is 20.5 Å². The molecule has 7 heteroatoms. The summed E-state index contributed by atoms with van der Waals surface area (Å²) in [6, 6.07) is 37.9. The number of aromatic nitrogens is 1. The van der Waals surface area contributed by atoms with Crippen LogP contribution < -0.4 is 26.5 Å². The molecule has 8 rings (SSSR count). The molecule has 2 N–H and O–H groups in total. The lowest BCUT2D eigenvalue weighted by molar-refractivity contribution is -0.126. The first-order chi connectivity index (χ1) is 24.4. The van der Waals surface area contributed by atoms with Gasteiger partial charge in [-0.25, -0.2) is 0 Å². The summed E-state index contributed by atoms with van der Waals surface area (Å²) >= 11 is 0. The van der Waals surface area contributed by atoms with E-state index in [0.29, 0.717) is 17.4 Å². The molecule has 4 heterocycles. The van der Waals surface area contributed by atoms with Crippen molar-refractivity contribution in [2.24, 2.45) is 17.8 Å². The van der Waals surface area contributed by atoms with Gasteiger partial charge in [0.05, 0.1) is 11.6 Å². The van der Waals surface area contributed by atoms with Gasteiger partial charge in [0.15, 0.2) is 0 Å². The van der Waals surface area contributed by atoms with Crippen LogP contribution in [0.3, 0.4) is 0 Å². The topological polar surface area (TPSA) is 74.3 Å². The molecule has 3 aliphatic rings. The molecular weight excluding hydrogens is 635 g/mol. The number of para-hydroxylation sites is 1. The van der Waals surface area contributed by atoms with E-state index < -0.39 is 14.0 Å². The summed E-state index contributed by atoms with van der Waals surface area (Å²) in [5, 5.41) is 11.0. The number of nitrogens with one attached hydrogen (secondary N) is 2. The summed E-state index contributed by atoms with van der Waals surface area (Å²) in [4.78, 5) is 36.0. The number of piperidine rings is 3. The molecule has 5 aromatic rings. The van der Waals surface area contributed by atoms with Crippen molar-refractivity contribution in [3.8, 4) is 0 Å². The third kappa shape index (κ3) is 6.88. The predicted molar refractivity (Wildman–Crippen MR) is 206 cm³/mol. The van der Waals surface area contributed by atoms with Crippen molar-refractivity contribution < 1.29 is 9.59 Å². The van der Waals surface area contributed by atoms with Gasteiger partial charge < -0.3 is 10.6 Å². The highest BCUT2D eigenvalue weighted by atomic mass is 31.1. The second-order valence-corrected chi connectivity index (χ2v) is 16.1. The second kappa shape index (κ2) is 15.1. The SMILES string of the molecule is C=CC1CN2CCC1C[C@@H]2[C@H](NC(=O)[C@H](NC(=O)c1ccccc1P(c1ccccc1)c1ccccc1)C(C)C)c1ccnc2ccccc12. The minimum atomic E-state index is -1.01. The van der Waals surface area contributed by atoms with Crippen LogP contribution in [0.5, 0.6) is 0 Å². The zero-order valence-electron chi connectivity index (χ0n) is 28.8. The first-order valence-electron chi connectivity index (χ1n) is 17.7. The standard InChI is InChI=1S/C43H45N4O2P/c1-4-30-28-47-26-24-31(30)27-38(47)41(35-23-25-44-37-21-13-11-19-34(35)37)46-43(49)40(29(2)3)45-42(48)36-20-12-14-22-39(36)50(32-15-7-5-8-16-32)33-17-9-6-10-18-33/h4-23,25,29-31,38,40-41H,1,24,26-28H2,2-3H3,(H,45,48)(H,46,49)/t30?,31?,38-,40-,41-/m1/s1. The number of fused-ring (bicyclic) bond motifs is 4. The quantitative estimate of drug-likeness (QED) is 0.123. The number of benzene rings is 4. The van der Waals surface area contributed by atoms with E-state index in [2.05, 4.69) is 75.6 Å². The maximum Gasteiger partial charge on any atom is 0.252 e. The molecule has 254 valence electrons. The van der Waals surface area contributed by atoms with Crippen molar-refractivity contribution in [2.45, 2.75) is 44.8 Å². The smallest absolute Gasteiger partial charge is 0.252 e. The Bertz CT molecular complexity index is 1920. The van der Waals surface area contributed by atoms with Crippen molar-refractivity contribution in [3.63, 3.8) is 0 Å². The van der Waals surface area contributed by atoms with Gasteiger partial charge in [0.1, 0.15) is 6.04 Å². The Morgan fingerprint density at radius 1 is 0.860 bits per heavy atom. The lowest BCUT2D eigenvalue weighted by Crippen LogP contribution is -2.59. The number of hydrogen-bond acceptors (Lipinski definition) is 4. The zero-order valence-corrected chi connectivity index (χ0v) is 29.7. The maximum absolute atomic E-state index is 14.5. The van der Waals surface area contributed by atoms with Gasteiger partial charge in [-0.15, -0.1) is 6.58 Å². The molecule has 0 saturated carbocycles. The van der Waals surface area contributed by atoms with Gasteiger partial charge in [-0.05, 0) is 84.7 Å². The Hall–Kier alpha value is -4.64. The summed E-state index contributed by atoms with van der Waals surface area (Å²) < 4.78 is 0. The third-order valence-corrected chi connectivity index (χ3v) is 13.0. The van der Waals surface area contributed by atoms with E-state index in [-0.39, 0.29) is 29.8 Å². The maximum atomic E-state index is 14.5. The minimum Gasteiger partial charge on any atom is -0.346 e. The minimum absolute atomic E-state index is 0.129. The van der Waals surface area contributed by atoms with E-state index in [0.717, 1.165) is 58.3 Å². The van der Waals surface area contributed by atoms with Crippen LogP contribution >= 0.6 is 7.92 Å². The monoisotopic (exact) mass is 680 g/mol. The molecule has 0 spiro atoms. The first-order valence-corrected chi connectivity index (χ1v) is 19.1. The number of carbonyl (C=O) groups is 2. The van der Waals surface area contributed by atoms with Gasteiger partial charge >= 0.3 is 0 Å². The van der Waals surface area contributed by atoms with Gasteiger partial charge in [0, 0.05) is 29.7 Å². The summed E-state index contributed by atoms with van der Waals surface area (Å²) in [5.74, 6) is 0.447. The number of hydrogen-bond donors (Lipinski definition) is 2. The average Bonchev–Trinajstić information content (AvgIpc) is 3.17. The summed E-state index contributed by atoms with van der Waals surface area (Å²) in [7, 11) is -1.01. The summed E-state index contributed by atoms with van der Waals surface area (Å²) in [5.41, 5.74) is 2.56. The van der Waals surface area contributed by atoms with E-state index in [1.165, 1.54) is 0 Å². The third-order valence-electron chi connectivity index (χ3n) is 10.5. The molecule has 2 amide bonds. The van der Waals surface area contributed by atoms with Gasteiger partial charge in [-0.2, -0.15) is 0 Å². The number of nitrogens with zero attached hydrogens (tertiary/aromatic N) is 2. The molecule has 6 nitrogen and oxygen atoms in total. The predicted octanol–water partition coefficient (Wildman–Crippen LogP) is 6.50. The summed E-state index contributed by atoms with van der Waals surface area (Å²) in [6.07, 6.45) is 6.07. The Labute approximate surface area is 296 Å². The highest BCUT2D eigenvalue weighted by Gasteiger charge is 2.44. The van der Waals surface area contributed by atoms with E-state index in [1.54, 1.807) is 0 Å². The molecule has 50 heavy (non-hydrogen) atoms. The van der Waals surface area contributed by atoms with E-state index in [4.69, 9.17) is 0 Å². The Morgan fingerprint density at radius 3 is 2.18 bits per heavy atom. The Kier molecular flexibility index (Phi) is 10.2. The van der Waals surface area contributed by atoms with Gasteiger partial charge in [-0.3, -0.25) is 19.5 Å². The van der Waals surface area contributed by atoms with Crippen LogP contribution in [0, 0.1) is 17.8 Å². The molecule has 3 aliphatic heterocycles. The number of amides is 2. The molecule has 3 saturated heterocycles. The highest BCUT2D eigenvalue weighted by molar-refractivity contribution is 7.80. The molecule has 6 atom stereocenters. The zero-order chi connectivity index (χ0) is 34.6. The lowest BCUT2D eigenvalue weighted by atomic mass is 9.73. The van der Waals surface area contributed by atoms with E-state index >= 15 is 0 Å². The fraction of sp³-hybridized carbons (Fsp3) is 0.279. The number of pyridine rings is 1. The van der Waals surface area contributed by atoms with Crippen LogP contribution in [-0.4, -0.2) is 46.9 Å². The van der Waals surface area contributed by atoms with Gasteiger partial charge in [0.25, 0.3) is 5.91 Å². The van der Waals surface area contributed by atoms with Crippen molar-refractivity contribution in [2.75, 3.05) is 13.1 Å². The molecule has 3 unspecified atom stereocenters. The van der Waals surface area contributed by atoms with Crippen LogP contribution in [0.2, 0.25) is 0 Å². The molecule has 0 aliphatic carbocycles. The van der Waals surface area contributed by atoms with Crippen molar-refractivity contribution in [3.05, 3.63) is 145 Å². The van der Waals surface area contributed by atoms with Gasteiger partial charge in [0.2, 0.25) is 5.91 Å². The fourth-order valence-corrected chi connectivity index (χ4v) is 10.4. The molecule has 2 bridgehead atoms. The fourth-order valence-electron chi connectivity index (χ4n) is 7.93. The Balaban J connectivity index is 1.20. The largest absolute Gasteiger partial charge is 0.346 e. The average molecular weight is 681 g/mol. The molecular formula is C43H45N4O2P. The van der Waals surface area contributed by atoms with Crippen molar-refractivity contribution in [1.29, 1.82) is 0 Å². The molecule has 3 fully saturated rings. The second-order valence-electron chi connectivity index (χ2n) is 13.9. The number of rotatable bonds is 11.